The molecular weight excluding hydrogens is 324 g/mol. The van der Waals surface area contributed by atoms with Crippen molar-refractivity contribution in [3.63, 3.8) is 0 Å². The minimum Gasteiger partial charge on any atom is -0.496 e. The summed E-state index contributed by atoms with van der Waals surface area (Å²) in [5, 5.41) is 0. The Bertz CT molecular complexity index is 761. The average Bonchev–Trinajstić information content (AvgIpc) is 2.48. The third-order valence-electron chi connectivity index (χ3n) is 4.58. The van der Waals surface area contributed by atoms with Gasteiger partial charge in [0.25, 0.3) is 0 Å². The van der Waals surface area contributed by atoms with Crippen LogP contribution in [0.1, 0.15) is 63.8 Å². The highest BCUT2D eigenvalue weighted by Crippen LogP contribution is 2.40. The number of benzene rings is 2. The van der Waals surface area contributed by atoms with E-state index in [0.29, 0.717) is 0 Å². The smallest absolute Gasteiger partial charge is 0.122 e. The summed E-state index contributed by atoms with van der Waals surface area (Å²) in [6.07, 6.45) is 0. The minimum absolute atomic E-state index is 0.0522. The summed E-state index contributed by atoms with van der Waals surface area (Å²) >= 11 is 1.87. The predicted molar refractivity (Wildman–Crippen MR) is 110 cm³/mol. The van der Waals surface area contributed by atoms with Gasteiger partial charge in [0.1, 0.15) is 5.75 Å². The molecule has 2 aromatic carbocycles. The van der Waals surface area contributed by atoms with Crippen LogP contribution >= 0.6 is 11.8 Å². The zero-order valence-electron chi connectivity index (χ0n) is 17.2. The number of methoxy groups -OCH3 is 1. The van der Waals surface area contributed by atoms with Crippen LogP contribution in [0.15, 0.2) is 40.1 Å². The van der Waals surface area contributed by atoms with Crippen molar-refractivity contribution in [2.24, 2.45) is 0 Å². The molecule has 0 aliphatic heterocycles. The van der Waals surface area contributed by atoms with Gasteiger partial charge in [-0.3, -0.25) is 0 Å². The standard InChI is InChI=1S/C23H32OS/c1-15-10-11-17(22(3,4)5)13-20(15)25-21-14-18(23(6,7)8)19(24-9)12-16(21)2/h10-14H,1-9H3. The summed E-state index contributed by atoms with van der Waals surface area (Å²) in [5.41, 5.74) is 5.43. The lowest BCUT2D eigenvalue weighted by Gasteiger charge is -2.24. The zero-order valence-corrected chi connectivity index (χ0v) is 18.0. The quantitative estimate of drug-likeness (QED) is 0.582. The van der Waals surface area contributed by atoms with Gasteiger partial charge >= 0.3 is 0 Å². The third-order valence-corrected chi connectivity index (χ3v) is 5.90. The summed E-state index contributed by atoms with van der Waals surface area (Å²) in [7, 11) is 1.76. The number of aryl methyl sites for hydroxylation is 2. The maximum Gasteiger partial charge on any atom is 0.122 e. The first-order valence-corrected chi connectivity index (χ1v) is 9.73. The SMILES string of the molecule is COc1cc(C)c(Sc2cc(C(C)(C)C)ccc2C)cc1C(C)(C)C. The van der Waals surface area contributed by atoms with E-state index in [1.807, 2.05) is 11.8 Å². The molecule has 0 radical (unpaired) electrons. The van der Waals surface area contributed by atoms with E-state index in [2.05, 4.69) is 85.7 Å². The van der Waals surface area contributed by atoms with Crippen LogP contribution in [-0.4, -0.2) is 7.11 Å². The zero-order chi connectivity index (χ0) is 19.0. The second-order valence-corrected chi connectivity index (χ2v) is 9.98. The molecular formula is C23H32OS. The highest BCUT2D eigenvalue weighted by Gasteiger charge is 2.21. The molecule has 0 atom stereocenters. The summed E-state index contributed by atoms with van der Waals surface area (Å²) in [5.74, 6) is 0.981. The monoisotopic (exact) mass is 356 g/mol. The molecule has 0 spiro atoms. The van der Waals surface area contributed by atoms with Crippen LogP contribution in [0.4, 0.5) is 0 Å². The van der Waals surface area contributed by atoms with E-state index >= 15 is 0 Å². The van der Waals surface area contributed by atoms with Crippen LogP contribution < -0.4 is 4.74 Å². The Balaban J connectivity index is 2.51. The first-order valence-electron chi connectivity index (χ1n) is 8.91. The summed E-state index contributed by atoms with van der Waals surface area (Å²) in [6, 6.07) is 11.3. The first-order chi connectivity index (χ1) is 11.4. The van der Waals surface area contributed by atoms with E-state index in [-0.39, 0.29) is 10.8 Å². The fourth-order valence-electron chi connectivity index (χ4n) is 2.82. The normalized spacial score (nSPS) is 12.4. The van der Waals surface area contributed by atoms with Crippen molar-refractivity contribution >= 4 is 11.8 Å². The van der Waals surface area contributed by atoms with Crippen molar-refractivity contribution in [3.8, 4) is 5.75 Å². The maximum atomic E-state index is 5.64. The van der Waals surface area contributed by atoms with Gasteiger partial charge in [-0.15, -0.1) is 0 Å². The fourth-order valence-corrected chi connectivity index (χ4v) is 3.87. The van der Waals surface area contributed by atoms with Gasteiger partial charge in [-0.25, -0.2) is 0 Å². The molecule has 0 saturated heterocycles. The summed E-state index contributed by atoms with van der Waals surface area (Å²) in [6.45, 7) is 17.9. The van der Waals surface area contributed by atoms with Gasteiger partial charge in [0.2, 0.25) is 0 Å². The second kappa shape index (κ2) is 7.07. The van der Waals surface area contributed by atoms with Gasteiger partial charge in [-0.05, 0) is 59.6 Å². The second-order valence-electron chi connectivity index (χ2n) is 8.90. The number of hydrogen-bond donors (Lipinski definition) is 0. The van der Waals surface area contributed by atoms with E-state index in [9.17, 15) is 0 Å². The lowest BCUT2D eigenvalue weighted by molar-refractivity contribution is 0.396. The Kier molecular flexibility index (Phi) is 5.63. The molecule has 0 fully saturated rings. The molecule has 2 heteroatoms. The maximum absolute atomic E-state index is 5.64. The Morgan fingerprint density at radius 2 is 1.36 bits per heavy atom. The lowest BCUT2D eigenvalue weighted by Crippen LogP contribution is -2.13. The van der Waals surface area contributed by atoms with Crippen LogP contribution in [0.3, 0.4) is 0 Å². The Morgan fingerprint density at radius 1 is 0.760 bits per heavy atom. The van der Waals surface area contributed by atoms with E-state index in [1.165, 1.54) is 32.0 Å². The van der Waals surface area contributed by atoms with Crippen LogP contribution in [0.2, 0.25) is 0 Å². The Hall–Kier alpha value is -1.41. The Labute approximate surface area is 158 Å². The molecule has 0 aliphatic carbocycles. The molecule has 0 unspecified atom stereocenters. The predicted octanol–water partition coefficient (Wildman–Crippen LogP) is 7.06. The van der Waals surface area contributed by atoms with Crippen LogP contribution in [0.25, 0.3) is 0 Å². The molecule has 0 amide bonds. The van der Waals surface area contributed by atoms with Crippen LogP contribution in [0.5, 0.6) is 5.75 Å². The highest BCUT2D eigenvalue weighted by atomic mass is 32.2. The largest absolute Gasteiger partial charge is 0.496 e. The molecule has 0 saturated carbocycles. The lowest BCUT2D eigenvalue weighted by atomic mass is 9.86. The van der Waals surface area contributed by atoms with E-state index in [1.54, 1.807) is 7.11 Å². The highest BCUT2D eigenvalue weighted by molar-refractivity contribution is 7.99. The molecule has 0 aromatic heterocycles. The van der Waals surface area contributed by atoms with E-state index in [0.717, 1.165) is 5.75 Å². The van der Waals surface area contributed by atoms with Crippen molar-refractivity contribution in [1.29, 1.82) is 0 Å². The van der Waals surface area contributed by atoms with Gasteiger partial charge < -0.3 is 4.74 Å². The van der Waals surface area contributed by atoms with E-state index in [4.69, 9.17) is 4.74 Å². The van der Waals surface area contributed by atoms with Crippen molar-refractivity contribution in [3.05, 3.63) is 52.6 Å². The van der Waals surface area contributed by atoms with Crippen molar-refractivity contribution in [1.82, 2.24) is 0 Å². The van der Waals surface area contributed by atoms with Crippen molar-refractivity contribution in [2.45, 2.75) is 76.0 Å². The third kappa shape index (κ3) is 4.61. The molecule has 0 bridgehead atoms. The van der Waals surface area contributed by atoms with E-state index < -0.39 is 0 Å². The topological polar surface area (TPSA) is 9.23 Å². The number of ether oxygens (including phenoxy) is 1. The van der Waals surface area contributed by atoms with Crippen LogP contribution in [-0.2, 0) is 10.8 Å². The molecule has 136 valence electrons. The fraction of sp³-hybridized carbons (Fsp3) is 0.478. The summed E-state index contributed by atoms with van der Waals surface area (Å²) in [4.78, 5) is 2.64. The first kappa shape index (κ1) is 19.9. The molecule has 0 N–H and O–H groups in total. The van der Waals surface area contributed by atoms with Gasteiger partial charge in [0, 0.05) is 15.4 Å². The van der Waals surface area contributed by atoms with Gasteiger partial charge in [0.15, 0.2) is 0 Å². The molecule has 1 nitrogen and oxygen atoms in total. The minimum atomic E-state index is 0.0522. The number of hydrogen-bond acceptors (Lipinski definition) is 2. The molecule has 25 heavy (non-hydrogen) atoms. The number of rotatable bonds is 3. The van der Waals surface area contributed by atoms with Crippen LogP contribution in [0, 0.1) is 13.8 Å². The van der Waals surface area contributed by atoms with Crippen molar-refractivity contribution < 1.29 is 4.74 Å². The molecule has 0 aliphatic rings. The van der Waals surface area contributed by atoms with Crippen molar-refractivity contribution in [2.75, 3.05) is 7.11 Å². The Morgan fingerprint density at radius 3 is 1.88 bits per heavy atom. The summed E-state index contributed by atoms with van der Waals surface area (Å²) < 4.78 is 5.64. The average molecular weight is 357 g/mol. The van der Waals surface area contributed by atoms with Gasteiger partial charge in [-0.1, -0.05) is 65.4 Å². The van der Waals surface area contributed by atoms with Gasteiger partial charge in [0.05, 0.1) is 7.11 Å². The molecule has 2 rings (SSSR count). The molecule has 0 heterocycles. The van der Waals surface area contributed by atoms with Gasteiger partial charge in [-0.2, -0.15) is 0 Å². The molecule has 2 aromatic rings.